The second-order valence-electron chi connectivity index (χ2n) is 4.86. The Labute approximate surface area is 111 Å². The number of aryl methyl sites for hydroxylation is 1. The van der Waals surface area contributed by atoms with Gasteiger partial charge in [-0.15, -0.1) is 0 Å². The van der Waals surface area contributed by atoms with Crippen molar-refractivity contribution < 1.29 is 8.42 Å². The molecular weight excluding hydrogens is 244 g/mol. The fraction of sp³-hybridized carbons (Fsp3) is 0.600. The summed E-state index contributed by atoms with van der Waals surface area (Å²) < 4.78 is 24.6. The Balaban J connectivity index is 2.93. The van der Waals surface area contributed by atoms with E-state index in [4.69, 9.17) is 0 Å². The van der Waals surface area contributed by atoms with Gasteiger partial charge in [-0.25, -0.2) is 8.42 Å². The summed E-state index contributed by atoms with van der Waals surface area (Å²) in [6, 6.07) is 7.41. The average molecular weight is 268 g/mol. The van der Waals surface area contributed by atoms with E-state index in [1.54, 1.807) is 6.07 Å². The minimum atomic E-state index is -3.12. The highest BCUT2D eigenvalue weighted by molar-refractivity contribution is 7.91. The topological polar surface area (TPSA) is 34.1 Å². The maximum Gasteiger partial charge on any atom is 0.178 e. The van der Waals surface area contributed by atoms with Crippen LogP contribution in [0.3, 0.4) is 0 Å². The number of hydrogen-bond donors (Lipinski definition) is 0. The van der Waals surface area contributed by atoms with Crippen molar-refractivity contribution in [2.75, 3.05) is 5.75 Å². The Morgan fingerprint density at radius 3 is 2.33 bits per heavy atom. The molecule has 0 aromatic heterocycles. The van der Waals surface area contributed by atoms with Crippen LogP contribution in [0.5, 0.6) is 0 Å². The zero-order chi connectivity index (χ0) is 13.6. The maximum atomic E-state index is 12.3. The second-order valence-corrected chi connectivity index (χ2v) is 6.90. The molecule has 1 aromatic rings. The molecule has 0 fully saturated rings. The standard InChI is InChI=1S/C15H24O2S/c1-4-8-14-9-7-10-15(11-14)18(16,17)12-13(5-2)6-3/h7,9-11,13H,4-6,8,12H2,1-3H3. The molecule has 0 aliphatic rings. The summed E-state index contributed by atoms with van der Waals surface area (Å²) in [5.41, 5.74) is 1.11. The molecule has 0 saturated carbocycles. The lowest BCUT2D eigenvalue weighted by atomic mass is 10.1. The number of sulfone groups is 1. The first kappa shape index (κ1) is 15.2. The minimum absolute atomic E-state index is 0.268. The van der Waals surface area contributed by atoms with Crippen molar-refractivity contribution in [2.45, 2.75) is 51.3 Å². The quantitative estimate of drug-likeness (QED) is 0.752. The third-order valence-electron chi connectivity index (χ3n) is 3.41. The monoisotopic (exact) mass is 268 g/mol. The van der Waals surface area contributed by atoms with Crippen molar-refractivity contribution in [2.24, 2.45) is 5.92 Å². The van der Waals surface area contributed by atoms with Gasteiger partial charge >= 0.3 is 0 Å². The normalized spacial score (nSPS) is 12.0. The van der Waals surface area contributed by atoms with Gasteiger partial charge < -0.3 is 0 Å². The number of hydrogen-bond acceptors (Lipinski definition) is 2. The van der Waals surface area contributed by atoms with E-state index in [0.29, 0.717) is 4.90 Å². The van der Waals surface area contributed by atoms with Gasteiger partial charge in [-0.05, 0) is 30.0 Å². The van der Waals surface area contributed by atoms with Crippen molar-refractivity contribution in [1.29, 1.82) is 0 Å². The van der Waals surface area contributed by atoms with Crippen LogP contribution in [0.4, 0.5) is 0 Å². The van der Waals surface area contributed by atoms with Crippen LogP contribution in [0.1, 0.15) is 45.6 Å². The highest BCUT2D eigenvalue weighted by atomic mass is 32.2. The van der Waals surface area contributed by atoms with Crippen LogP contribution in [0.15, 0.2) is 29.2 Å². The molecule has 0 radical (unpaired) electrons. The van der Waals surface area contributed by atoms with Crippen molar-refractivity contribution in [3.63, 3.8) is 0 Å². The van der Waals surface area contributed by atoms with E-state index in [1.807, 2.05) is 18.2 Å². The van der Waals surface area contributed by atoms with Crippen LogP contribution in [0, 0.1) is 5.92 Å². The smallest absolute Gasteiger partial charge is 0.178 e. The van der Waals surface area contributed by atoms with Gasteiger partial charge in [0.05, 0.1) is 10.6 Å². The van der Waals surface area contributed by atoms with Crippen LogP contribution < -0.4 is 0 Å². The first-order chi connectivity index (χ1) is 8.53. The Bertz CT molecular complexity index is 459. The summed E-state index contributed by atoms with van der Waals surface area (Å²) in [5, 5.41) is 0. The van der Waals surface area contributed by atoms with E-state index in [-0.39, 0.29) is 11.7 Å². The van der Waals surface area contributed by atoms with E-state index >= 15 is 0 Å². The molecular formula is C15H24O2S. The lowest BCUT2D eigenvalue weighted by Gasteiger charge is -2.13. The highest BCUT2D eigenvalue weighted by Gasteiger charge is 2.19. The van der Waals surface area contributed by atoms with Crippen molar-refractivity contribution in [3.8, 4) is 0 Å². The van der Waals surface area contributed by atoms with Gasteiger partial charge in [-0.2, -0.15) is 0 Å². The molecule has 0 aliphatic carbocycles. The zero-order valence-electron chi connectivity index (χ0n) is 11.6. The van der Waals surface area contributed by atoms with Crippen LogP contribution in [-0.2, 0) is 16.3 Å². The molecule has 0 atom stereocenters. The van der Waals surface area contributed by atoms with Gasteiger partial charge in [0.1, 0.15) is 0 Å². The third-order valence-corrected chi connectivity index (χ3v) is 5.29. The van der Waals surface area contributed by atoms with E-state index < -0.39 is 9.84 Å². The summed E-state index contributed by atoms with van der Waals surface area (Å²) in [7, 11) is -3.12. The molecule has 0 bridgehead atoms. The summed E-state index contributed by atoms with van der Waals surface area (Å²) in [4.78, 5) is 0.486. The molecule has 1 rings (SSSR count). The van der Waals surface area contributed by atoms with Crippen molar-refractivity contribution in [1.82, 2.24) is 0 Å². The molecule has 102 valence electrons. The molecule has 1 aromatic carbocycles. The van der Waals surface area contributed by atoms with Gasteiger partial charge in [0, 0.05) is 0 Å². The fourth-order valence-corrected chi connectivity index (χ4v) is 4.02. The Hall–Kier alpha value is -0.830. The Kier molecular flexibility index (Phi) is 5.86. The van der Waals surface area contributed by atoms with Crippen LogP contribution in [0.2, 0.25) is 0 Å². The second kappa shape index (κ2) is 6.93. The minimum Gasteiger partial charge on any atom is -0.224 e. The Morgan fingerprint density at radius 2 is 1.78 bits per heavy atom. The molecule has 0 spiro atoms. The predicted molar refractivity (Wildman–Crippen MR) is 76.6 cm³/mol. The summed E-state index contributed by atoms with van der Waals surface area (Å²) >= 11 is 0. The summed E-state index contributed by atoms with van der Waals surface area (Å²) in [5.74, 6) is 0.542. The first-order valence-corrected chi connectivity index (χ1v) is 8.50. The molecule has 2 nitrogen and oxygen atoms in total. The van der Waals surface area contributed by atoms with Crippen LogP contribution in [0.25, 0.3) is 0 Å². The van der Waals surface area contributed by atoms with E-state index in [1.165, 1.54) is 0 Å². The van der Waals surface area contributed by atoms with Crippen molar-refractivity contribution >= 4 is 9.84 Å². The van der Waals surface area contributed by atoms with Gasteiger partial charge in [0.25, 0.3) is 0 Å². The number of rotatable bonds is 7. The van der Waals surface area contributed by atoms with E-state index in [2.05, 4.69) is 20.8 Å². The largest absolute Gasteiger partial charge is 0.224 e. The van der Waals surface area contributed by atoms with E-state index in [0.717, 1.165) is 31.2 Å². The van der Waals surface area contributed by atoms with Crippen LogP contribution in [-0.4, -0.2) is 14.2 Å². The number of benzene rings is 1. The zero-order valence-corrected chi connectivity index (χ0v) is 12.5. The van der Waals surface area contributed by atoms with Crippen LogP contribution >= 0.6 is 0 Å². The molecule has 0 N–H and O–H groups in total. The Morgan fingerprint density at radius 1 is 1.11 bits per heavy atom. The SMILES string of the molecule is CCCc1cccc(S(=O)(=O)CC(CC)CC)c1. The molecule has 3 heteroatoms. The van der Waals surface area contributed by atoms with Gasteiger partial charge in [-0.1, -0.05) is 52.2 Å². The summed E-state index contributed by atoms with van der Waals surface area (Å²) in [6.45, 7) is 6.21. The lowest BCUT2D eigenvalue weighted by molar-refractivity contribution is 0.523. The van der Waals surface area contributed by atoms with Crippen molar-refractivity contribution in [3.05, 3.63) is 29.8 Å². The molecule has 0 aliphatic heterocycles. The molecule has 0 unspecified atom stereocenters. The van der Waals surface area contributed by atoms with Gasteiger partial charge in [0.15, 0.2) is 9.84 Å². The first-order valence-electron chi connectivity index (χ1n) is 6.85. The molecule has 18 heavy (non-hydrogen) atoms. The predicted octanol–water partition coefficient (Wildman–Crippen LogP) is 3.85. The molecule has 0 heterocycles. The lowest BCUT2D eigenvalue weighted by Crippen LogP contribution is -2.15. The summed E-state index contributed by atoms with van der Waals surface area (Å²) in [6.07, 6.45) is 3.82. The third kappa shape index (κ3) is 4.13. The molecule has 0 amide bonds. The average Bonchev–Trinajstić information content (AvgIpc) is 2.37. The van der Waals surface area contributed by atoms with E-state index in [9.17, 15) is 8.42 Å². The van der Waals surface area contributed by atoms with Gasteiger partial charge in [-0.3, -0.25) is 0 Å². The molecule has 0 saturated heterocycles. The van der Waals surface area contributed by atoms with Gasteiger partial charge in [0.2, 0.25) is 0 Å². The maximum absolute atomic E-state index is 12.3. The fourth-order valence-electron chi connectivity index (χ4n) is 2.11. The highest BCUT2D eigenvalue weighted by Crippen LogP contribution is 2.19.